The maximum Gasteiger partial charge on any atom is 0.231 e. The van der Waals surface area contributed by atoms with Crippen molar-refractivity contribution >= 4 is 29.9 Å². The maximum absolute atomic E-state index is 5.90. The van der Waals surface area contributed by atoms with E-state index in [0.717, 1.165) is 40.5 Å². The Kier molecular flexibility index (Phi) is 7.52. The Labute approximate surface area is 194 Å². The molecule has 0 amide bonds. The number of aliphatic imine (C=N–C) groups is 1. The molecule has 0 saturated heterocycles. The van der Waals surface area contributed by atoms with Crippen LogP contribution in [0.2, 0.25) is 0 Å². The number of benzene rings is 2. The molecule has 8 heteroatoms. The van der Waals surface area contributed by atoms with Gasteiger partial charge >= 0.3 is 0 Å². The summed E-state index contributed by atoms with van der Waals surface area (Å²) in [6.45, 7) is 6.19. The Hall–Kier alpha value is -2.36. The summed E-state index contributed by atoms with van der Waals surface area (Å²) >= 11 is 0. The van der Waals surface area contributed by atoms with Crippen LogP contribution in [0.1, 0.15) is 30.5 Å². The molecule has 7 nitrogen and oxygen atoms in total. The summed E-state index contributed by atoms with van der Waals surface area (Å²) in [7, 11) is 1.76. The van der Waals surface area contributed by atoms with Crippen LogP contribution in [0.3, 0.4) is 0 Å². The lowest BCUT2D eigenvalue weighted by atomic mass is 10.1. The molecule has 2 heterocycles. The van der Waals surface area contributed by atoms with E-state index >= 15 is 0 Å². The number of nitrogens with zero attached hydrogens (tertiary/aromatic N) is 1. The second kappa shape index (κ2) is 10.1. The SMILES string of the molecule is CCOc1cc2c(cc1CNC(=NC)NCc1ccc3c(c1)OCO3)OC(C)C2.I. The molecule has 0 radical (unpaired) electrons. The molecular formula is C22H28IN3O4. The van der Waals surface area contributed by atoms with Gasteiger partial charge in [-0.15, -0.1) is 24.0 Å². The number of hydrogen-bond donors (Lipinski definition) is 2. The van der Waals surface area contributed by atoms with Crippen LogP contribution in [0.15, 0.2) is 35.3 Å². The smallest absolute Gasteiger partial charge is 0.231 e. The monoisotopic (exact) mass is 525 g/mol. The molecule has 162 valence electrons. The highest BCUT2D eigenvalue weighted by Gasteiger charge is 2.22. The number of hydrogen-bond acceptors (Lipinski definition) is 5. The lowest BCUT2D eigenvalue weighted by Gasteiger charge is -2.16. The van der Waals surface area contributed by atoms with Crippen molar-refractivity contribution in [2.24, 2.45) is 4.99 Å². The van der Waals surface area contributed by atoms with Crippen molar-refractivity contribution < 1.29 is 18.9 Å². The molecule has 0 bridgehead atoms. The standard InChI is InChI=1S/C22H27N3O4.HI/c1-4-26-19-9-16-7-14(2)29-20(16)10-17(19)12-25-22(23-3)24-11-15-5-6-18-21(8-15)28-13-27-18;/h5-6,8-10,14H,4,7,11-13H2,1-3H3,(H2,23,24,25);1H. The molecule has 4 rings (SSSR count). The molecule has 0 aromatic heterocycles. The van der Waals surface area contributed by atoms with E-state index in [1.807, 2.05) is 25.1 Å². The van der Waals surface area contributed by atoms with Crippen molar-refractivity contribution in [3.63, 3.8) is 0 Å². The fourth-order valence-corrected chi connectivity index (χ4v) is 3.55. The van der Waals surface area contributed by atoms with Gasteiger partial charge in [0, 0.05) is 37.7 Å². The van der Waals surface area contributed by atoms with Crippen molar-refractivity contribution in [2.45, 2.75) is 39.5 Å². The zero-order chi connectivity index (χ0) is 20.2. The zero-order valence-electron chi connectivity index (χ0n) is 17.5. The Bertz CT molecular complexity index is 919. The average Bonchev–Trinajstić information content (AvgIpc) is 3.32. The highest BCUT2D eigenvalue weighted by atomic mass is 127. The predicted molar refractivity (Wildman–Crippen MR) is 126 cm³/mol. The summed E-state index contributed by atoms with van der Waals surface area (Å²) in [6.07, 6.45) is 1.13. The molecule has 30 heavy (non-hydrogen) atoms. The van der Waals surface area contributed by atoms with E-state index in [4.69, 9.17) is 18.9 Å². The first-order valence-corrected chi connectivity index (χ1v) is 9.94. The van der Waals surface area contributed by atoms with Gasteiger partial charge in [0.1, 0.15) is 17.6 Å². The third kappa shape index (κ3) is 5.03. The number of fused-ring (bicyclic) bond motifs is 2. The van der Waals surface area contributed by atoms with Crippen LogP contribution in [-0.4, -0.2) is 32.5 Å². The summed E-state index contributed by atoms with van der Waals surface area (Å²) in [5, 5.41) is 6.69. The van der Waals surface area contributed by atoms with E-state index in [1.54, 1.807) is 7.05 Å². The maximum atomic E-state index is 5.90. The molecule has 0 aliphatic carbocycles. The molecule has 2 N–H and O–H groups in total. The quantitative estimate of drug-likeness (QED) is 0.341. The summed E-state index contributed by atoms with van der Waals surface area (Å²) in [5.41, 5.74) is 3.34. The molecule has 2 aliphatic heterocycles. The number of nitrogens with one attached hydrogen (secondary N) is 2. The number of halogens is 1. The molecular weight excluding hydrogens is 497 g/mol. The van der Waals surface area contributed by atoms with Gasteiger partial charge in [-0.25, -0.2) is 0 Å². The van der Waals surface area contributed by atoms with Crippen molar-refractivity contribution in [3.05, 3.63) is 47.0 Å². The molecule has 0 saturated carbocycles. The first-order chi connectivity index (χ1) is 14.2. The molecule has 0 spiro atoms. The summed E-state index contributed by atoms with van der Waals surface area (Å²) in [6, 6.07) is 10.1. The normalized spacial score (nSPS) is 16.4. The second-order valence-corrected chi connectivity index (χ2v) is 7.10. The first-order valence-electron chi connectivity index (χ1n) is 9.94. The molecule has 2 aliphatic rings. The van der Waals surface area contributed by atoms with Crippen LogP contribution in [0.25, 0.3) is 0 Å². The van der Waals surface area contributed by atoms with E-state index in [0.29, 0.717) is 25.7 Å². The van der Waals surface area contributed by atoms with Gasteiger partial charge in [0.15, 0.2) is 17.5 Å². The van der Waals surface area contributed by atoms with Crippen molar-refractivity contribution in [1.82, 2.24) is 10.6 Å². The van der Waals surface area contributed by atoms with Gasteiger partial charge in [-0.05, 0) is 43.7 Å². The Morgan fingerprint density at radius 2 is 1.90 bits per heavy atom. The van der Waals surface area contributed by atoms with Gasteiger partial charge in [0.05, 0.1) is 6.61 Å². The molecule has 2 aromatic carbocycles. The van der Waals surface area contributed by atoms with E-state index < -0.39 is 0 Å². The van der Waals surface area contributed by atoms with E-state index in [9.17, 15) is 0 Å². The van der Waals surface area contributed by atoms with Crippen LogP contribution >= 0.6 is 24.0 Å². The highest BCUT2D eigenvalue weighted by molar-refractivity contribution is 14.0. The summed E-state index contributed by atoms with van der Waals surface area (Å²) in [5.74, 6) is 4.11. The van der Waals surface area contributed by atoms with E-state index in [2.05, 4.69) is 34.7 Å². The third-order valence-electron chi connectivity index (χ3n) is 4.95. The van der Waals surface area contributed by atoms with E-state index in [-0.39, 0.29) is 36.9 Å². The largest absolute Gasteiger partial charge is 0.494 e. The van der Waals surface area contributed by atoms with Gasteiger partial charge in [-0.3, -0.25) is 4.99 Å². The van der Waals surface area contributed by atoms with Gasteiger partial charge in [0.25, 0.3) is 0 Å². The van der Waals surface area contributed by atoms with Crippen LogP contribution in [-0.2, 0) is 19.5 Å². The fourth-order valence-electron chi connectivity index (χ4n) is 3.55. The van der Waals surface area contributed by atoms with Gasteiger partial charge < -0.3 is 29.6 Å². The molecule has 0 fully saturated rings. The number of ether oxygens (including phenoxy) is 4. The van der Waals surface area contributed by atoms with Gasteiger partial charge in [-0.2, -0.15) is 0 Å². The minimum absolute atomic E-state index is 0. The zero-order valence-corrected chi connectivity index (χ0v) is 19.8. The average molecular weight is 525 g/mol. The molecule has 1 unspecified atom stereocenters. The molecule has 1 atom stereocenters. The van der Waals surface area contributed by atoms with Gasteiger partial charge in [0.2, 0.25) is 6.79 Å². The molecule has 2 aromatic rings. The Morgan fingerprint density at radius 3 is 2.70 bits per heavy atom. The number of guanidine groups is 1. The highest BCUT2D eigenvalue weighted by Crippen LogP contribution is 2.35. The predicted octanol–water partition coefficient (Wildman–Crippen LogP) is 3.62. The number of rotatable bonds is 6. The van der Waals surface area contributed by atoms with Crippen molar-refractivity contribution in [2.75, 3.05) is 20.4 Å². The lowest BCUT2D eigenvalue weighted by molar-refractivity contribution is 0.174. The summed E-state index contributed by atoms with van der Waals surface area (Å²) in [4.78, 5) is 4.32. The van der Waals surface area contributed by atoms with Crippen molar-refractivity contribution in [3.8, 4) is 23.0 Å². The third-order valence-corrected chi connectivity index (χ3v) is 4.95. The Balaban J connectivity index is 0.00000256. The minimum Gasteiger partial charge on any atom is -0.494 e. The van der Waals surface area contributed by atoms with Crippen LogP contribution in [0.4, 0.5) is 0 Å². The minimum atomic E-state index is 0. The van der Waals surface area contributed by atoms with Crippen molar-refractivity contribution in [1.29, 1.82) is 0 Å². The van der Waals surface area contributed by atoms with Crippen LogP contribution < -0.4 is 29.6 Å². The summed E-state index contributed by atoms with van der Waals surface area (Å²) < 4.78 is 22.6. The second-order valence-electron chi connectivity index (χ2n) is 7.10. The van der Waals surface area contributed by atoms with E-state index in [1.165, 1.54) is 5.56 Å². The lowest BCUT2D eigenvalue weighted by Crippen LogP contribution is -2.36. The Morgan fingerprint density at radius 1 is 1.10 bits per heavy atom. The van der Waals surface area contributed by atoms with Crippen LogP contribution in [0.5, 0.6) is 23.0 Å². The fraction of sp³-hybridized carbons (Fsp3) is 0.409. The first kappa shape index (κ1) is 22.3. The van der Waals surface area contributed by atoms with Crippen LogP contribution in [0, 0.1) is 0 Å². The van der Waals surface area contributed by atoms with Gasteiger partial charge in [-0.1, -0.05) is 6.07 Å². The topological polar surface area (TPSA) is 73.3 Å².